The van der Waals surface area contributed by atoms with Gasteiger partial charge in [0, 0.05) is 12.3 Å². The average molecular weight is 299 g/mol. The standard InChI is InChI=1S/C19H19ClO/c1-19(2)11-14-9-13(7-8-17(14)21-19)18(20)16-10-12-5-3-4-6-15(12)16/h3-9,16,18H,10-11H2,1-2H3. The summed E-state index contributed by atoms with van der Waals surface area (Å²) in [4.78, 5) is 0. The molecule has 1 aliphatic heterocycles. The molecule has 2 aliphatic rings. The molecule has 1 heterocycles. The molecule has 1 nitrogen and oxygen atoms in total. The van der Waals surface area contributed by atoms with Crippen molar-refractivity contribution in [2.45, 2.75) is 43.6 Å². The van der Waals surface area contributed by atoms with Gasteiger partial charge in [-0.05, 0) is 48.6 Å². The SMILES string of the molecule is CC1(C)Cc2cc(C(Cl)C3Cc4ccccc43)ccc2O1. The Kier molecular flexibility index (Phi) is 2.84. The van der Waals surface area contributed by atoms with Crippen LogP contribution in [0.2, 0.25) is 0 Å². The van der Waals surface area contributed by atoms with Crippen molar-refractivity contribution < 1.29 is 4.74 Å². The topological polar surface area (TPSA) is 9.23 Å². The number of rotatable bonds is 2. The number of hydrogen-bond acceptors (Lipinski definition) is 1. The maximum atomic E-state index is 6.77. The van der Waals surface area contributed by atoms with Crippen molar-refractivity contribution in [1.29, 1.82) is 0 Å². The maximum absolute atomic E-state index is 6.77. The smallest absolute Gasteiger partial charge is 0.123 e. The minimum absolute atomic E-state index is 0.0499. The summed E-state index contributed by atoms with van der Waals surface area (Å²) in [5.74, 6) is 1.46. The molecule has 2 heteroatoms. The summed E-state index contributed by atoms with van der Waals surface area (Å²) in [5, 5.41) is 0.0499. The van der Waals surface area contributed by atoms with E-state index in [-0.39, 0.29) is 11.0 Å². The second-order valence-corrected chi connectivity index (χ2v) is 7.29. The third kappa shape index (κ3) is 2.15. The van der Waals surface area contributed by atoms with E-state index in [1.54, 1.807) is 0 Å². The van der Waals surface area contributed by atoms with E-state index in [9.17, 15) is 0 Å². The molecular weight excluding hydrogens is 280 g/mol. The summed E-state index contributed by atoms with van der Waals surface area (Å²) in [7, 11) is 0. The lowest BCUT2D eigenvalue weighted by Gasteiger charge is -2.33. The first-order chi connectivity index (χ1) is 10.0. The predicted octanol–water partition coefficient (Wildman–Crippen LogP) is 5.02. The zero-order valence-corrected chi connectivity index (χ0v) is 13.2. The van der Waals surface area contributed by atoms with Crippen LogP contribution in [0.1, 0.15) is 47.4 Å². The maximum Gasteiger partial charge on any atom is 0.123 e. The van der Waals surface area contributed by atoms with Crippen LogP contribution in [-0.4, -0.2) is 5.60 Å². The van der Waals surface area contributed by atoms with Crippen molar-refractivity contribution in [1.82, 2.24) is 0 Å². The van der Waals surface area contributed by atoms with Gasteiger partial charge in [-0.2, -0.15) is 0 Å². The summed E-state index contributed by atoms with van der Waals surface area (Å²) >= 11 is 6.77. The highest BCUT2D eigenvalue weighted by Gasteiger charge is 2.34. The quantitative estimate of drug-likeness (QED) is 0.707. The molecule has 0 saturated heterocycles. The van der Waals surface area contributed by atoms with Gasteiger partial charge in [-0.3, -0.25) is 0 Å². The first-order valence-corrected chi connectivity index (χ1v) is 8.01. The predicted molar refractivity (Wildman–Crippen MR) is 86.3 cm³/mol. The summed E-state index contributed by atoms with van der Waals surface area (Å²) < 4.78 is 5.94. The molecule has 0 saturated carbocycles. The first-order valence-electron chi connectivity index (χ1n) is 7.57. The Labute approximate surface area is 130 Å². The summed E-state index contributed by atoms with van der Waals surface area (Å²) in [6, 6.07) is 15.1. The summed E-state index contributed by atoms with van der Waals surface area (Å²) in [5.41, 5.74) is 5.27. The summed E-state index contributed by atoms with van der Waals surface area (Å²) in [6.45, 7) is 4.26. The number of benzene rings is 2. The Hall–Kier alpha value is -1.47. The van der Waals surface area contributed by atoms with Crippen LogP contribution in [0.25, 0.3) is 0 Å². The molecule has 0 fully saturated rings. The zero-order valence-electron chi connectivity index (χ0n) is 12.4. The van der Waals surface area contributed by atoms with Gasteiger partial charge in [0.1, 0.15) is 11.4 Å². The van der Waals surface area contributed by atoms with Crippen LogP contribution in [0.5, 0.6) is 5.75 Å². The van der Waals surface area contributed by atoms with Crippen LogP contribution in [0.3, 0.4) is 0 Å². The molecule has 21 heavy (non-hydrogen) atoms. The summed E-state index contributed by atoms with van der Waals surface area (Å²) in [6.07, 6.45) is 2.05. The van der Waals surface area contributed by atoms with E-state index in [0.717, 1.165) is 18.6 Å². The molecule has 0 aromatic heterocycles. The van der Waals surface area contributed by atoms with E-state index in [0.29, 0.717) is 5.92 Å². The van der Waals surface area contributed by atoms with Crippen LogP contribution < -0.4 is 4.74 Å². The fraction of sp³-hybridized carbons (Fsp3) is 0.368. The van der Waals surface area contributed by atoms with Crippen molar-refractivity contribution in [3.8, 4) is 5.75 Å². The number of halogens is 1. The molecule has 0 bridgehead atoms. The molecule has 0 N–H and O–H groups in total. The lowest BCUT2D eigenvalue weighted by molar-refractivity contribution is 0.138. The van der Waals surface area contributed by atoms with Gasteiger partial charge in [-0.1, -0.05) is 36.4 Å². The van der Waals surface area contributed by atoms with E-state index in [1.165, 1.54) is 22.3 Å². The molecule has 4 rings (SSSR count). The molecule has 2 atom stereocenters. The monoisotopic (exact) mass is 298 g/mol. The highest BCUT2D eigenvalue weighted by Crippen LogP contribution is 2.48. The van der Waals surface area contributed by atoms with Gasteiger partial charge in [0.15, 0.2) is 0 Å². The van der Waals surface area contributed by atoms with E-state index < -0.39 is 0 Å². The van der Waals surface area contributed by atoms with Crippen molar-refractivity contribution in [2.24, 2.45) is 0 Å². The van der Waals surface area contributed by atoms with Gasteiger partial charge in [-0.15, -0.1) is 11.6 Å². The fourth-order valence-electron chi connectivity index (χ4n) is 3.59. The fourth-order valence-corrected chi connectivity index (χ4v) is 3.95. The van der Waals surface area contributed by atoms with Crippen LogP contribution in [-0.2, 0) is 12.8 Å². The van der Waals surface area contributed by atoms with Crippen LogP contribution in [0.15, 0.2) is 42.5 Å². The van der Waals surface area contributed by atoms with Gasteiger partial charge < -0.3 is 4.74 Å². The molecule has 0 radical (unpaired) electrons. The minimum atomic E-state index is -0.0914. The molecule has 2 unspecified atom stereocenters. The van der Waals surface area contributed by atoms with E-state index in [2.05, 4.69) is 56.3 Å². The zero-order chi connectivity index (χ0) is 14.6. The Bertz CT molecular complexity index is 704. The lowest BCUT2D eigenvalue weighted by Crippen LogP contribution is -2.24. The third-order valence-electron chi connectivity index (χ3n) is 4.65. The number of fused-ring (bicyclic) bond motifs is 2. The first kappa shape index (κ1) is 13.2. The molecule has 2 aromatic carbocycles. The Morgan fingerprint density at radius 1 is 1.14 bits per heavy atom. The van der Waals surface area contributed by atoms with Gasteiger partial charge >= 0.3 is 0 Å². The van der Waals surface area contributed by atoms with Crippen LogP contribution in [0.4, 0.5) is 0 Å². The molecule has 2 aromatic rings. The second-order valence-electron chi connectivity index (χ2n) is 6.82. The number of hydrogen-bond donors (Lipinski definition) is 0. The molecule has 0 amide bonds. The number of alkyl halides is 1. The van der Waals surface area contributed by atoms with Gasteiger partial charge in [0.2, 0.25) is 0 Å². The molecule has 0 spiro atoms. The highest BCUT2D eigenvalue weighted by molar-refractivity contribution is 6.21. The van der Waals surface area contributed by atoms with Crippen molar-refractivity contribution >= 4 is 11.6 Å². The Balaban J connectivity index is 1.61. The normalized spacial score (nSPS) is 22.7. The van der Waals surface area contributed by atoms with E-state index >= 15 is 0 Å². The van der Waals surface area contributed by atoms with E-state index in [4.69, 9.17) is 16.3 Å². The van der Waals surface area contributed by atoms with Crippen LogP contribution in [0, 0.1) is 0 Å². The second kappa shape index (κ2) is 4.51. The van der Waals surface area contributed by atoms with Crippen molar-refractivity contribution in [3.05, 3.63) is 64.7 Å². The third-order valence-corrected chi connectivity index (χ3v) is 5.21. The largest absolute Gasteiger partial charge is 0.487 e. The van der Waals surface area contributed by atoms with Gasteiger partial charge in [-0.25, -0.2) is 0 Å². The number of ether oxygens (including phenoxy) is 1. The highest BCUT2D eigenvalue weighted by atomic mass is 35.5. The molecule has 1 aliphatic carbocycles. The minimum Gasteiger partial charge on any atom is -0.487 e. The van der Waals surface area contributed by atoms with E-state index in [1.807, 2.05) is 0 Å². The Morgan fingerprint density at radius 3 is 2.76 bits per heavy atom. The van der Waals surface area contributed by atoms with Gasteiger partial charge in [0.25, 0.3) is 0 Å². The molecular formula is C19H19ClO. The van der Waals surface area contributed by atoms with Crippen LogP contribution >= 0.6 is 11.6 Å². The lowest BCUT2D eigenvalue weighted by atomic mass is 9.74. The average Bonchev–Trinajstić information content (AvgIpc) is 2.72. The molecule has 108 valence electrons. The van der Waals surface area contributed by atoms with Crippen molar-refractivity contribution in [2.75, 3.05) is 0 Å². The van der Waals surface area contributed by atoms with Gasteiger partial charge in [0.05, 0.1) is 5.38 Å². The Morgan fingerprint density at radius 2 is 1.95 bits per heavy atom. The van der Waals surface area contributed by atoms with Crippen molar-refractivity contribution in [3.63, 3.8) is 0 Å².